The minimum atomic E-state index is -0.186. The Hall–Kier alpha value is -2.34. The number of hydrogen-bond acceptors (Lipinski definition) is 4. The molecule has 18 heavy (non-hydrogen) atoms. The number of nitrogens with zero attached hydrogens (tertiary/aromatic N) is 4. The van der Waals surface area contributed by atoms with Gasteiger partial charge in [-0.25, -0.2) is 4.98 Å². The first-order valence-electron chi connectivity index (χ1n) is 5.77. The number of hydrogen-bond donors (Lipinski definition) is 1. The number of imidazole rings is 1. The SMILES string of the molecule is CCCC(C)NC(=O)Cn1cnc(C#N)c1C#N. The second kappa shape index (κ2) is 6.41. The zero-order valence-electron chi connectivity index (χ0n) is 10.5. The summed E-state index contributed by atoms with van der Waals surface area (Å²) in [7, 11) is 0. The van der Waals surface area contributed by atoms with Crippen LogP contribution in [0, 0.1) is 22.7 Å². The summed E-state index contributed by atoms with van der Waals surface area (Å²) >= 11 is 0. The summed E-state index contributed by atoms with van der Waals surface area (Å²) < 4.78 is 1.38. The highest BCUT2D eigenvalue weighted by Gasteiger charge is 2.13. The monoisotopic (exact) mass is 245 g/mol. The van der Waals surface area contributed by atoms with E-state index in [0.717, 1.165) is 12.8 Å². The molecular formula is C12H15N5O. The highest BCUT2D eigenvalue weighted by atomic mass is 16.2. The first-order valence-corrected chi connectivity index (χ1v) is 5.77. The molecule has 0 aromatic carbocycles. The number of carbonyl (C=O) groups is 1. The Morgan fingerprint density at radius 1 is 1.56 bits per heavy atom. The Balaban J connectivity index is 2.69. The lowest BCUT2D eigenvalue weighted by Crippen LogP contribution is -2.35. The second-order valence-electron chi connectivity index (χ2n) is 4.05. The van der Waals surface area contributed by atoms with E-state index in [4.69, 9.17) is 10.5 Å². The Bertz CT molecular complexity index is 506. The van der Waals surface area contributed by atoms with Crippen LogP contribution in [0.4, 0.5) is 0 Å². The molecule has 0 bridgehead atoms. The van der Waals surface area contributed by atoms with Crippen molar-refractivity contribution in [1.29, 1.82) is 10.5 Å². The van der Waals surface area contributed by atoms with Crippen LogP contribution in [0.3, 0.4) is 0 Å². The number of aromatic nitrogens is 2. The van der Waals surface area contributed by atoms with Gasteiger partial charge in [-0.2, -0.15) is 10.5 Å². The van der Waals surface area contributed by atoms with Crippen LogP contribution in [-0.2, 0) is 11.3 Å². The molecule has 1 aromatic rings. The van der Waals surface area contributed by atoms with Gasteiger partial charge in [0.15, 0.2) is 11.4 Å². The van der Waals surface area contributed by atoms with Gasteiger partial charge in [-0.05, 0) is 13.3 Å². The largest absolute Gasteiger partial charge is 0.352 e. The Morgan fingerprint density at radius 2 is 2.28 bits per heavy atom. The molecule has 0 aliphatic heterocycles. The molecule has 1 heterocycles. The standard InChI is InChI=1S/C12H15N5O/c1-3-4-9(2)16-12(18)7-17-8-15-10(5-13)11(17)6-14/h8-9H,3-4,7H2,1-2H3,(H,16,18). The molecule has 1 unspecified atom stereocenters. The fourth-order valence-corrected chi connectivity index (χ4v) is 1.68. The van der Waals surface area contributed by atoms with Gasteiger partial charge in [-0.3, -0.25) is 4.79 Å². The first-order chi connectivity index (χ1) is 8.62. The van der Waals surface area contributed by atoms with Crippen molar-refractivity contribution in [3.63, 3.8) is 0 Å². The molecule has 0 spiro atoms. The van der Waals surface area contributed by atoms with Gasteiger partial charge in [0, 0.05) is 6.04 Å². The Labute approximate surface area is 106 Å². The van der Waals surface area contributed by atoms with Crippen molar-refractivity contribution in [2.24, 2.45) is 0 Å². The molecule has 0 fully saturated rings. The summed E-state index contributed by atoms with van der Waals surface area (Å²) in [4.78, 5) is 15.5. The van der Waals surface area contributed by atoms with Gasteiger partial charge in [0.2, 0.25) is 5.91 Å². The van der Waals surface area contributed by atoms with Crippen LogP contribution in [0.5, 0.6) is 0 Å². The van der Waals surface area contributed by atoms with Crippen LogP contribution in [0.15, 0.2) is 6.33 Å². The zero-order chi connectivity index (χ0) is 13.5. The average molecular weight is 245 g/mol. The van der Waals surface area contributed by atoms with Crippen LogP contribution in [0.1, 0.15) is 38.1 Å². The minimum Gasteiger partial charge on any atom is -0.352 e. The lowest BCUT2D eigenvalue weighted by atomic mass is 10.2. The molecule has 1 aromatic heterocycles. The van der Waals surface area contributed by atoms with E-state index >= 15 is 0 Å². The van der Waals surface area contributed by atoms with E-state index in [9.17, 15) is 4.79 Å². The number of nitriles is 2. The fraction of sp³-hybridized carbons (Fsp3) is 0.500. The van der Waals surface area contributed by atoms with Crippen molar-refractivity contribution in [2.75, 3.05) is 0 Å². The van der Waals surface area contributed by atoms with Crippen molar-refractivity contribution in [1.82, 2.24) is 14.9 Å². The minimum absolute atomic E-state index is 0.00558. The quantitative estimate of drug-likeness (QED) is 0.834. The van der Waals surface area contributed by atoms with Gasteiger partial charge in [-0.1, -0.05) is 13.3 Å². The van der Waals surface area contributed by atoms with E-state index in [1.54, 1.807) is 0 Å². The van der Waals surface area contributed by atoms with E-state index in [0.29, 0.717) is 0 Å². The maximum Gasteiger partial charge on any atom is 0.240 e. The van der Waals surface area contributed by atoms with E-state index in [2.05, 4.69) is 10.3 Å². The normalized spacial score (nSPS) is 11.3. The molecule has 0 aliphatic rings. The molecular weight excluding hydrogens is 230 g/mol. The highest BCUT2D eigenvalue weighted by Crippen LogP contribution is 2.05. The van der Waals surface area contributed by atoms with E-state index < -0.39 is 0 Å². The van der Waals surface area contributed by atoms with Crippen molar-refractivity contribution < 1.29 is 4.79 Å². The molecule has 94 valence electrons. The van der Waals surface area contributed by atoms with Crippen LogP contribution < -0.4 is 5.32 Å². The lowest BCUT2D eigenvalue weighted by Gasteiger charge is -2.13. The number of amides is 1. The third-order valence-electron chi connectivity index (χ3n) is 2.49. The van der Waals surface area contributed by atoms with Gasteiger partial charge in [0.05, 0.1) is 6.33 Å². The van der Waals surface area contributed by atoms with E-state index in [1.807, 2.05) is 26.0 Å². The number of carbonyl (C=O) groups excluding carboxylic acids is 1. The van der Waals surface area contributed by atoms with Crippen molar-refractivity contribution in [3.8, 4) is 12.1 Å². The zero-order valence-corrected chi connectivity index (χ0v) is 10.5. The third kappa shape index (κ3) is 3.33. The molecule has 0 radical (unpaired) electrons. The Kier molecular flexibility index (Phi) is 4.89. The van der Waals surface area contributed by atoms with Gasteiger partial charge in [0.25, 0.3) is 0 Å². The van der Waals surface area contributed by atoms with E-state index in [1.165, 1.54) is 10.9 Å². The smallest absolute Gasteiger partial charge is 0.240 e. The predicted octanol–water partition coefficient (Wildman–Crippen LogP) is 0.931. The summed E-state index contributed by atoms with van der Waals surface area (Å²) in [5, 5.41) is 20.5. The van der Waals surface area contributed by atoms with Crippen molar-refractivity contribution in [3.05, 3.63) is 17.7 Å². The maximum absolute atomic E-state index is 11.7. The molecule has 1 N–H and O–H groups in total. The molecule has 0 aliphatic carbocycles. The van der Waals surface area contributed by atoms with Gasteiger partial charge in [0.1, 0.15) is 18.7 Å². The molecule has 1 atom stereocenters. The summed E-state index contributed by atoms with van der Waals surface area (Å²) in [6, 6.07) is 3.80. The molecule has 0 saturated carbocycles. The second-order valence-corrected chi connectivity index (χ2v) is 4.05. The molecule has 0 saturated heterocycles. The van der Waals surface area contributed by atoms with E-state index in [-0.39, 0.29) is 29.9 Å². The number of nitrogens with one attached hydrogen (secondary N) is 1. The average Bonchev–Trinajstić information content (AvgIpc) is 2.70. The predicted molar refractivity (Wildman–Crippen MR) is 64.2 cm³/mol. The lowest BCUT2D eigenvalue weighted by molar-refractivity contribution is -0.122. The first kappa shape index (κ1) is 13.7. The van der Waals surface area contributed by atoms with Gasteiger partial charge in [-0.15, -0.1) is 0 Å². The fourth-order valence-electron chi connectivity index (χ4n) is 1.68. The third-order valence-corrected chi connectivity index (χ3v) is 2.49. The summed E-state index contributed by atoms with van der Waals surface area (Å²) in [5.41, 5.74) is 0.169. The topological polar surface area (TPSA) is 94.5 Å². The Morgan fingerprint density at radius 3 is 2.83 bits per heavy atom. The molecule has 1 rings (SSSR count). The van der Waals surface area contributed by atoms with Crippen LogP contribution in [-0.4, -0.2) is 21.5 Å². The van der Waals surface area contributed by atoms with Crippen LogP contribution in [0.2, 0.25) is 0 Å². The molecule has 1 amide bonds. The van der Waals surface area contributed by atoms with Crippen molar-refractivity contribution in [2.45, 2.75) is 39.3 Å². The summed E-state index contributed by atoms with van der Waals surface area (Å²) in [6.45, 7) is 3.98. The van der Waals surface area contributed by atoms with Gasteiger partial charge >= 0.3 is 0 Å². The van der Waals surface area contributed by atoms with Crippen LogP contribution in [0.25, 0.3) is 0 Å². The molecule has 6 nitrogen and oxygen atoms in total. The van der Waals surface area contributed by atoms with Crippen LogP contribution >= 0.6 is 0 Å². The highest BCUT2D eigenvalue weighted by molar-refractivity contribution is 5.76. The molecule has 6 heteroatoms. The van der Waals surface area contributed by atoms with Gasteiger partial charge < -0.3 is 9.88 Å². The summed E-state index contributed by atoms with van der Waals surface area (Å²) in [6.07, 6.45) is 3.24. The van der Waals surface area contributed by atoms with Crippen molar-refractivity contribution >= 4 is 5.91 Å². The summed E-state index contributed by atoms with van der Waals surface area (Å²) in [5.74, 6) is -0.186. The number of rotatable bonds is 5. The maximum atomic E-state index is 11.7.